The zero-order valence-corrected chi connectivity index (χ0v) is 31.8. The van der Waals surface area contributed by atoms with Gasteiger partial charge in [0.1, 0.15) is 6.10 Å². The summed E-state index contributed by atoms with van der Waals surface area (Å²) in [7, 11) is 0. The minimum absolute atomic E-state index is 0.0765. The van der Waals surface area contributed by atoms with Gasteiger partial charge in [-0.1, -0.05) is 65.5 Å². The lowest BCUT2D eigenvalue weighted by Crippen LogP contribution is -2.51. The van der Waals surface area contributed by atoms with Crippen LogP contribution in [0.4, 0.5) is 9.59 Å². The number of carbonyl (C=O) groups is 3. The molecule has 0 aliphatic heterocycles. The molecule has 4 N–H and O–H groups in total. The van der Waals surface area contributed by atoms with Crippen molar-refractivity contribution in [1.82, 2.24) is 16.0 Å². The molecule has 4 rings (SSSR count). The van der Waals surface area contributed by atoms with Crippen molar-refractivity contribution >= 4 is 18.1 Å². The molecule has 4 aliphatic rings. The Balaban J connectivity index is 1.27. The van der Waals surface area contributed by atoms with Crippen molar-refractivity contribution in [3.05, 3.63) is 11.6 Å². The number of ether oxygens (including phenoxy) is 1. The highest BCUT2D eigenvalue weighted by molar-refractivity contribution is 5.77. The molecule has 0 aromatic heterocycles. The molecular formula is C40H69N3O5. The second-order valence-corrected chi connectivity index (χ2v) is 18.5. The molecule has 8 nitrogen and oxygen atoms in total. The molecule has 0 bridgehead atoms. The van der Waals surface area contributed by atoms with Crippen LogP contribution in [0, 0.1) is 46.3 Å². The van der Waals surface area contributed by atoms with E-state index in [2.05, 4.69) is 56.6 Å². The third kappa shape index (κ3) is 9.29. The number of nitrogens with one attached hydrogen (secondary N) is 3. The third-order valence-electron chi connectivity index (χ3n) is 13.5. The minimum Gasteiger partial charge on any atom is -0.465 e. The molecule has 3 unspecified atom stereocenters. The first kappa shape index (κ1) is 38.6. The first-order valence-corrected chi connectivity index (χ1v) is 19.3. The molecule has 0 heterocycles. The standard InChI is InChI=1S/C40H69N3O5/c1-26(2)11-10-12-27(3)31-15-16-32-30-14-13-28-25-29(17-20-39(28,8)33(30)18-21-40(31,32)9)48-36(47)43-38(6,7)23-22-37(4,5)42-34(44)19-24-41-35(45)46/h13,26-27,29-33,41H,10-12,14-25H2,1-9H3,(H,42,44)(H,43,47)(H,45,46)/t27-,29+,30?,31-,32?,33?,39+,40-/m1/s1. The predicted molar refractivity (Wildman–Crippen MR) is 193 cm³/mol. The number of alkyl carbamates (subject to hydrolysis) is 1. The van der Waals surface area contributed by atoms with E-state index in [4.69, 9.17) is 9.84 Å². The Morgan fingerprint density at radius 2 is 1.62 bits per heavy atom. The number of carbonyl (C=O) groups excluding carboxylic acids is 2. The molecule has 0 radical (unpaired) electrons. The lowest BCUT2D eigenvalue weighted by molar-refractivity contribution is -0.122. The normalized spacial score (nSPS) is 32.3. The molecule has 0 aromatic rings. The summed E-state index contributed by atoms with van der Waals surface area (Å²) in [6, 6.07) is 0. The van der Waals surface area contributed by atoms with E-state index in [9.17, 15) is 14.4 Å². The molecule has 3 saturated carbocycles. The Morgan fingerprint density at radius 3 is 2.29 bits per heavy atom. The summed E-state index contributed by atoms with van der Waals surface area (Å²) in [5, 5.41) is 17.0. The molecule has 274 valence electrons. The molecule has 8 atom stereocenters. The molecule has 3 amide bonds. The fraction of sp³-hybridized carbons (Fsp3) is 0.875. The summed E-state index contributed by atoms with van der Waals surface area (Å²) in [6.07, 6.45) is 16.1. The van der Waals surface area contributed by atoms with Gasteiger partial charge in [-0.05, 0) is 132 Å². The van der Waals surface area contributed by atoms with Crippen LogP contribution < -0.4 is 16.0 Å². The van der Waals surface area contributed by atoms with E-state index in [0.29, 0.717) is 18.3 Å². The van der Waals surface area contributed by atoms with Gasteiger partial charge >= 0.3 is 12.2 Å². The highest BCUT2D eigenvalue weighted by atomic mass is 16.6. The summed E-state index contributed by atoms with van der Waals surface area (Å²) < 4.78 is 6.07. The molecule has 48 heavy (non-hydrogen) atoms. The first-order chi connectivity index (χ1) is 22.3. The number of carboxylic acid groups (broad SMARTS) is 1. The maximum Gasteiger partial charge on any atom is 0.407 e. The molecule has 3 fully saturated rings. The lowest BCUT2D eigenvalue weighted by atomic mass is 9.47. The van der Waals surface area contributed by atoms with E-state index >= 15 is 0 Å². The van der Waals surface area contributed by atoms with Crippen molar-refractivity contribution in [2.24, 2.45) is 46.3 Å². The summed E-state index contributed by atoms with van der Waals surface area (Å²) in [5.41, 5.74) is 1.24. The van der Waals surface area contributed by atoms with Crippen LogP contribution in [0.25, 0.3) is 0 Å². The van der Waals surface area contributed by atoms with Crippen molar-refractivity contribution in [1.29, 1.82) is 0 Å². The minimum atomic E-state index is -1.14. The van der Waals surface area contributed by atoms with Crippen molar-refractivity contribution in [2.45, 2.75) is 169 Å². The fourth-order valence-electron chi connectivity index (χ4n) is 10.7. The number of rotatable bonds is 14. The van der Waals surface area contributed by atoms with Gasteiger partial charge in [0, 0.05) is 30.5 Å². The van der Waals surface area contributed by atoms with Crippen LogP contribution in [-0.4, -0.2) is 46.9 Å². The number of allylic oxidation sites excluding steroid dienone is 1. The van der Waals surface area contributed by atoms with Crippen LogP contribution in [0.1, 0.15) is 152 Å². The number of hydrogen-bond donors (Lipinski definition) is 4. The Morgan fingerprint density at radius 1 is 0.938 bits per heavy atom. The van der Waals surface area contributed by atoms with E-state index in [1.54, 1.807) is 0 Å². The first-order valence-electron chi connectivity index (χ1n) is 19.3. The zero-order valence-electron chi connectivity index (χ0n) is 31.8. The smallest absolute Gasteiger partial charge is 0.407 e. The predicted octanol–water partition coefficient (Wildman–Crippen LogP) is 9.23. The van der Waals surface area contributed by atoms with E-state index in [0.717, 1.165) is 54.8 Å². The maximum atomic E-state index is 13.1. The largest absolute Gasteiger partial charge is 0.465 e. The average Bonchev–Trinajstić information content (AvgIpc) is 3.33. The van der Waals surface area contributed by atoms with E-state index in [1.165, 1.54) is 56.9 Å². The van der Waals surface area contributed by atoms with Crippen LogP contribution in [0.15, 0.2) is 11.6 Å². The summed E-state index contributed by atoms with van der Waals surface area (Å²) in [4.78, 5) is 36.0. The summed E-state index contributed by atoms with van der Waals surface area (Å²) in [5.74, 6) is 4.69. The fourth-order valence-corrected chi connectivity index (χ4v) is 10.7. The topological polar surface area (TPSA) is 117 Å². The van der Waals surface area contributed by atoms with Gasteiger partial charge in [0.2, 0.25) is 5.91 Å². The van der Waals surface area contributed by atoms with Crippen molar-refractivity contribution in [3.8, 4) is 0 Å². The maximum absolute atomic E-state index is 13.1. The molecule has 8 heteroatoms. The van der Waals surface area contributed by atoms with Gasteiger partial charge in [-0.25, -0.2) is 9.59 Å². The van der Waals surface area contributed by atoms with Gasteiger partial charge in [-0.3, -0.25) is 4.79 Å². The van der Waals surface area contributed by atoms with Crippen LogP contribution in [-0.2, 0) is 9.53 Å². The van der Waals surface area contributed by atoms with E-state index < -0.39 is 17.2 Å². The van der Waals surface area contributed by atoms with Crippen molar-refractivity contribution < 1.29 is 24.2 Å². The molecule has 0 saturated heterocycles. The van der Waals surface area contributed by atoms with Crippen molar-refractivity contribution in [3.63, 3.8) is 0 Å². The second-order valence-electron chi connectivity index (χ2n) is 18.5. The Bertz CT molecular complexity index is 1180. The van der Waals surface area contributed by atoms with Crippen LogP contribution in [0.2, 0.25) is 0 Å². The highest BCUT2D eigenvalue weighted by Crippen LogP contribution is 2.67. The highest BCUT2D eigenvalue weighted by Gasteiger charge is 2.59. The molecule has 0 spiro atoms. The van der Waals surface area contributed by atoms with Gasteiger partial charge in [0.05, 0.1) is 0 Å². The second kappa shape index (κ2) is 15.3. The molecular weight excluding hydrogens is 602 g/mol. The SMILES string of the molecule is CC(C)CCC[C@@H](C)[C@H]1CCC2C3CC=C4C[C@@H](OC(=O)NC(C)(C)CCC(C)(C)NC(=O)CCNC(=O)O)CC[C@]4(C)C3CC[C@@]21C. The number of amides is 3. The van der Waals surface area contributed by atoms with Gasteiger partial charge in [0.15, 0.2) is 0 Å². The zero-order chi connectivity index (χ0) is 35.5. The Hall–Kier alpha value is -2.25. The van der Waals surface area contributed by atoms with Gasteiger partial charge < -0.3 is 25.8 Å². The van der Waals surface area contributed by atoms with E-state index in [-0.39, 0.29) is 36.5 Å². The summed E-state index contributed by atoms with van der Waals surface area (Å²) >= 11 is 0. The lowest BCUT2D eigenvalue weighted by Gasteiger charge is -2.58. The quantitative estimate of drug-likeness (QED) is 0.137. The Labute approximate surface area is 291 Å². The number of hydrogen-bond acceptors (Lipinski definition) is 4. The van der Waals surface area contributed by atoms with Gasteiger partial charge in [-0.15, -0.1) is 0 Å². The van der Waals surface area contributed by atoms with Crippen LogP contribution in [0.5, 0.6) is 0 Å². The van der Waals surface area contributed by atoms with Crippen LogP contribution >= 0.6 is 0 Å². The average molecular weight is 672 g/mol. The number of fused-ring (bicyclic) bond motifs is 5. The molecule has 0 aromatic carbocycles. The van der Waals surface area contributed by atoms with Crippen molar-refractivity contribution in [2.75, 3.05) is 6.54 Å². The van der Waals surface area contributed by atoms with Crippen LogP contribution in [0.3, 0.4) is 0 Å². The third-order valence-corrected chi connectivity index (χ3v) is 13.5. The Kier molecular flexibility index (Phi) is 12.3. The monoisotopic (exact) mass is 672 g/mol. The summed E-state index contributed by atoms with van der Waals surface area (Å²) in [6.45, 7) is 20.4. The van der Waals surface area contributed by atoms with Gasteiger partial charge in [-0.2, -0.15) is 0 Å². The van der Waals surface area contributed by atoms with Gasteiger partial charge in [0.25, 0.3) is 0 Å². The molecule has 4 aliphatic carbocycles. The van der Waals surface area contributed by atoms with E-state index in [1.807, 2.05) is 27.7 Å².